The second kappa shape index (κ2) is 12.9. The molecule has 6 N–H and O–H groups in total. The van der Waals surface area contributed by atoms with Gasteiger partial charge < -0.3 is 31.7 Å². The molecule has 0 aliphatic carbocycles. The largest absolute Gasteiger partial charge is 0.494 e. The highest BCUT2D eigenvalue weighted by atomic mass is 16.5. The molecule has 2 aliphatic heterocycles. The molecular formula is C26H42N6O3. The summed E-state index contributed by atoms with van der Waals surface area (Å²) in [6, 6.07) is 7.00. The predicted molar refractivity (Wildman–Crippen MR) is 138 cm³/mol. The number of piperidine rings is 1. The molecule has 9 heteroatoms. The Morgan fingerprint density at radius 2 is 1.80 bits per heavy atom. The van der Waals surface area contributed by atoms with Crippen LogP contribution in [0, 0.1) is 11.8 Å². The van der Waals surface area contributed by atoms with E-state index in [1.807, 2.05) is 38.1 Å². The van der Waals surface area contributed by atoms with E-state index in [4.69, 9.17) is 21.9 Å². The maximum absolute atomic E-state index is 12.5. The van der Waals surface area contributed by atoms with E-state index in [0.717, 1.165) is 62.9 Å². The van der Waals surface area contributed by atoms with Crippen molar-refractivity contribution in [1.82, 2.24) is 9.80 Å². The number of rotatable bonds is 9. The molecule has 0 radical (unpaired) electrons. The maximum atomic E-state index is 12.5. The van der Waals surface area contributed by atoms with Crippen molar-refractivity contribution in [3.63, 3.8) is 0 Å². The fourth-order valence-electron chi connectivity index (χ4n) is 4.63. The third kappa shape index (κ3) is 7.93. The molecule has 2 saturated heterocycles. The molecule has 0 saturated carbocycles. The minimum Gasteiger partial charge on any atom is -0.494 e. The van der Waals surface area contributed by atoms with Crippen molar-refractivity contribution in [3.05, 3.63) is 29.8 Å². The van der Waals surface area contributed by atoms with Gasteiger partial charge in [0.15, 0.2) is 0 Å². The number of ether oxygens (including phenoxy) is 1. The van der Waals surface area contributed by atoms with Crippen molar-refractivity contribution in [2.75, 3.05) is 26.2 Å². The van der Waals surface area contributed by atoms with Gasteiger partial charge in [0, 0.05) is 25.6 Å². The summed E-state index contributed by atoms with van der Waals surface area (Å²) in [6.07, 6.45) is 6.07. The van der Waals surface area contributed by atoms with E-state index in [1.54, 1.807) is 9.80 Å². The molecule has 2 atom stereocenters. The molecule has 35 heavy (non-hydrogen) atoms. The molecule has 1 aromatic carbocycles. The Hall–Kier alpha value is -2.65. The van der Waals surface area contributed by atoms with Gasteiger partial charge in [0.25, 0.3) is 0 Å². The Bertz CT molecular complexity index is 864. The summed E-state index contributed by atoms with van der Waals surface area (Å²) in [4.78, 5) is 32.3. The summed E-state index contributed by atoms with van der Waals surface area (Å²) in [6.45, 7) is 6.67. The number of amidine groups is 1. The first-order chi connectivity index (χ1) is 16.7. The van der Waals surface area contributed by atoms with Crippen molar-refractivity contribution in [2.45, 2.75) is 71.0 Å². The van der Waals surface area contributed by atoms with Crippen LogP contribution in [0.4, 0.5) is 4.79 Å². The van der Waals surface area contributed by atoms with Crippen LogP contribution in [0.25, 0.3) is 0 Å². The average molecular weight is 487 g/mol. The highest BCUT2D eigenvalue weighted by Gasteiger charge is 2.29. The molecule has 9 nitrogen and oxygen atoms in total. The summed E-state index contributed by atoms with van der Waals surface area (Å²) < 4.78 is 5.91. The quantitative estimate of drug-likeness (QED) is 0.278. The fraction of sp³-hybridized carbons (Fsp3) is 0.654. The van der Waals surface area contributed by atoms with Gasteiger partial charge in [-0.3, -0.25) is 4.79 Å². The average Bonchev–Trinajstić information content (AvgIpc) is 3.28. The van der Waals surface area contributed by atoms with Gasteiger partial charge in [0.2, 0.25) is 5.91 Å². The van der Waals surface area contributed by atoms with Crippen LogP contribution in [0.3, 0.4) is 0 Å². The lowest BCUT2D eigenvalue weighted by Crippen LogP contribution is -2.49. The standard InChI is InChI=1S/C26H42N6O3/c1-18(2)24(29)30-26(34)31-14-11-19(12-15-31)5-4-16-35-21-9-7-20(8-10-21)17-22(27)25(33)32-13-3-6-23(32)28/h7-10,18-19,22-23H,3-6,11-17,27-28H2,1-2H3,(H2,29,30,34)/t22-,23-/m0/s1. The summed E-state index contributed by atoms with van der Waals surface area (Å²) >= 11 is 0. The molecule has 3 amide bonds. The number of nitrogens with zero attached hydrogens (tertiary/aromatic N) is 3. The van der Waals surface area contributed by atoms with E-state index < -0.39 is 6.04 Å². The summed E-state index contributed by atoms with van der Waals surface area (Å²) in [7, 11) is 0. The first-order valence-corrected chi connectivity index (χ1v) is 12.9. The van der Waals surface area contributed by atoms with E-state index in [2.05, 4.69) is 4.99 Å². The fourth-order valence-corrected chi connectivity index (χ4v) is 4.63. The zero-order valence-corrected chi connectivity index (χ0v) is 21.2. The molecule has 0 aromatic heterocycles. The van der Waals surface area contributed by atoms with E-state index >= 15 is 0 Å². The lowest BCUT2D eigenvalue weighted by molar-refractivity contribution is -0.133. The highest BCUT2D eigenvalue weighted by molar-refractivity contribution is 5.93. The van der Waals surface area contributed by atoms with E-state index in [-0.39, 0.29) is 24.0 Å². The number of nitrogens with two attached hydrogens (primary N) is 3. The van der Waals surface area contributed by atoms with Crippen LogP contribution in [0.15, 0.2) is 29.3 Å². The maximum Gasteiger partial charge on any atom is 0.345 e. The van der Waals surface area contributed by atoms with Gasteiger partial charge in [0.1, 0.15) is 11.6 Å². The topological polar surface area (TPSA) is 140 Å². The van der Waals surface area contributed by atoms with Gasteiger partial charge in [-0.2, -0.15) is 4.99 Å². The normalized spacial score (nSPS) is 20.4. The van der Waals surface area contributed by atoms with E-state index in [9.17, 15) is 9.59 Å². The van der Waals surface area contributed by atoms with Crippen LogP contribution < -0.4 is 21.9 Å². The number of hydrogen-bond donors (Lipinski definition) is 3. The van der Waals surface area contributed by atoms with E-state index in [0.29, 0.717) is 31.3 Å². The number of benzene rings is 1. The molecule has 3 rings (SSSR count). The summed E-state index contributed by atoms with van der Waals surface area (Å²) in [5.74, 6) is 1.81. The van der Waals surface area contributed by atoms with Gasteiger partial charge in [-0.05, 0) is 68.6 Å². The molecule has 0 unspecified atom stereocenters. The number of carbonyl (C=O) groups is 2. The van der Waals surface area contributed by atoms with Crippen LogP contribution in [-0.4, -0.2) is 66.0 Å². The Morgan fingerprint density at radius 1 is 1.11 bits per heavy atom. The zero-order chi connectivity index (χ0) is 25.4. The SMILES string of the molecule is CC(C)C(N)=NC(=O)N1CCC(CCCOc2ccc(C[C@H](N)C(=O)N3CCC[C@H]3N)cc2)CC1. The van der Waals surface area contributed by atoms with Crippen molar-refractivity contribution in [1.29, 1.82) is 0 Å². The smallest absolute Gasteiger partial charge is 0.345 e. The lowest BCUT2D eigenvalue weighted by Gasteiger charge is -2.30. The predicted octanol–water partition coefficient (Wildman–Crippen LogP) is 2.47. The Balaban J connectivity index is 1.32. The van der Waals surface area contributed by atoms with Gasteiger partial charge in [-0.1, -0.05) is 26.0 Å². The molecule has 194 valence electrons. The Morgan fingerprint density at radius 3 is 2.40 bits per heavy atom. The summed E-state index contributed by atoms with van der Waals surface area (Å²) in [5.41, 5.74) is 19.0. The minimum atomic E-state index is -0.577. The molecular weight excluding hydrogens is 444 g/mol. The Kier molecular flexibility index (Phi) is 9.92. The van der Waals surface area contributed by atoms with Gasteiger partial charge in [0.05, 0.1) is 18.8 Å². The summed E-state index contributed by atoms with van der Waals surface area (Å²) in [5, 5.41) is 0. The monoisotopic (exact) mass is 486 g/mol. The van der Waals surface area contributed by atoms with Crippen LogP contribution in [0.2, 0.25) is 0 Å². The van der Waals surface area contributed by atoms with E-state index in [1.165, 1.54) is 0 Å². The van der Waals surface area contributed by atoms with Crippen LogP contribution in [-0.2, 0) is 11.2 Å². The molecule has 2 aliphatic rings. The first-order valence-electron chi connectivity index (χ1n) is 12.9. The van der Waals surface area contributed by atoms with Crippen LogP contribution >= 0.6 is 0 Å². The third-order valence-electron chi connectivity index (χ3n) is 7.01. The molecule has 2 heterocycles. The Labute approximate surface area is 209 Å². The molecule has 1 aromatic rings. The second-order valence-electron chi connectivity index (χ2n) is 10.1. The van der Waals surface area contributed by atoms with Gasteiger partial charge in [-0.15, -0.1) is 0 Å². The van der Waals surface area contributed by atoms with Crippen molar-refractivity contribution >= 4 is 17.8 Å². The zero-order valence-electron chi connectivity index (χ0n) is 21.2. The molecule has 0 spiro atoms. The molecule has 0 bridgehead atoms. The van der Waals surface area contributed by atoms with Crippen molar-refractivity contribution in [2.24, 2.45) is 34.0 Å². The number of aliphatic imine (C=N–C) groups is 1. The minimum absolute atomic E-state index is 0.0713. The van der Waals surface area contributed by atoms with Crippen molar-refractivity contribution in [3.8, 4) is 5.75 Å². The van der Waals surface area contributed by atoms with Crippen molar-refractivity contribution < 1.29 is 14.3 Å². The van der Waals surface area contributed by atoms with Gasteiger partial charge in [-0.25, -0.2) is 4.79 Å². The van der Waals surface area contributed by atoms with Crippen LogP contribution in [0.5, 0.6) is 5.75 Å². The molecule has 2 fully saturated rings. The van der Waals surface area contributed by atoms with Crippen LogP contribution in [0.1, 0.15) is 57.9 Å². The number of carbonyl (C=O) groups excluding carboxylic acids is 2. The number of amides is 3. The first kappa shape index (κ1) is 26.9. The third-order valence-corrected chi connectivity index (χ3v) is 7.01. The second-order valence-corrected chi connectivity index (χ2v) is 10.1. The van der Waals surface area contributed by atoms with Gasteiger partial charge >= 0.3 is 6.03 Å². The highest BCUT2D eigenvalue weighted by Crippen LogP contribution is 2.23. The lowest BCUT2D eigenvalue weighted by atomic mass is 9.92. The number of urea groups is 1. The number of hydrogen-bond acceptors (Lipinski definition) is 5. The number of likely N-dealkylation sites (tertiary alicyclic amines) is 2.